The molecule has 2 amide bonds. The Morgan fingerprint density at radius 2 is 1.62 bits per heavy atom. The van der Waals surface area contributed by atoms with E-state index >= 15 is 0 Å². The lowest BCUT2D eigenvalue weighted by Gasteiger charge is -2.32. The second kappa shape index (κ2) is 7.67. The van der Waals surface area contributed by atoms with Crippen LogP contribution in [0.15, 0.2) is 30.3 Å². The third kappa shape index (κ3) is 4.48. The van der Waals surface area contributed by atoms with Gasteiger partial charge in [-0.25, -0.2) is 9.59 Å². The van der Waals surface area contributed by atoms with Crippen molar-refractivity contribution in [2.24, 2.45) is 0 Å². The maximum Gasteiger partial charge on any atom is 0.330 e. The number of benzene rings is 1. The molecule has 5 heteroatoms. The highest BCUT2D eigenvalue weighted by Crippen LogP contribution is 2.19. The zero-order valence-electron chi connectivity index (χ0n) is 12.8. The molecular weight excluding hydrogens is 268 g/mol. The summed E-state index contributed by atoms with van der Waals surface area (Å²) >= 11 is 0. The summed E-state index contributed by atoms with van der Waals surface area (Å²) in [5.74, 6) is -1.08. The average molecular weight is 292 g/mol. The fourth-order valence-corrected chi connectivity index (χ4v) is 2.36. The fourth-order valence-electron chi connectivity index (χ4n) is 2.36. The van der Waals surface area contributed by atoms with Gasteiger partial charge in [0, 0.05) is 5.54 Å². The van der Waals surface area contributed by atoms with Crippen LogP contribution in [0.5, 0.6) is 0 Å². The number of amides is 2. The van der Waals surface area contributed by atoms with Gasteiger partial charge in [-0.15, -0.1) is 0 Å². The number of carbonyl (C=O) groups excluding carboxylic acids is 1. The first kappa shape index (κ1) is 17.0. The van der Waals surface area contributed by atoms with Gasteiger partial charge in [-0.05, 0) is 24.8 Å². The highest BCUT2D eigenvalue weighted by molar-refractivity contribution is 5.84. The number of hydrogen-bond acceptors (Lipinski definition) is 2. The van der Waals surface area contributed by atoms with Crippen molar-refractivity contribution in [3.63, 3.8) is 0 Å². The molecular formula is C16H24N2O3. The summed E-state index contributed by atoms with van der Waals surface area (Å²) in [7, 11) is 0. The summed E-state index contributed by atoms with van der Waals surface area (Å²) < 4.78 is 0. The number of carboxylic acids is 1. The van der Waals surface area contributed by atoms with Crippen LogP contribution in [0.3, 0.4) is 0 Å². The van der Waals surface area contributed by atoms with Gasteiger partial charge < -0.3 is 15.7 Å². The quantitative estimate of drug-likeness (QED) is 0.722. The first-order valence-electron chi connectivity index (χ1n) is 7.34. The van der Waals surface area contributed by atoms with Gasteiger partial charge in [0.1, 0.15) is 0 Å². The standard InChI is InChI=1S/C16H24N2O3/c1-4-16(5-2,6-3)18-15(21)17-13(14(19)20)12-10-8-7-9-11-12/h7-11,13H,4-6H2,1-3H3,(H,19,20)(H2,17,18,21)/t13-/m0/s1. The summed E-state index contributed by atoms with van der Waals surface area (Å²) in [5, 5.41) is 14.8. The zero-order valence-corrected chi connectivity index (χ0v) is 12.8. The third-order valence-electron chi connectivity index (χ3n) is 4.06. The average Bonchev–Trinajstić information content (AvgIpc) is 2.51. The number of aliphatic carboxylic acids is 1. The van der Waals surface area contributed by atoms with Crippen LogP contribution in [-0.2, 0) is 4.79 Å². The van der Waals surface area contributed by atoms with Gasteiger partial charge in [-0.2, -0.15) is 0 Å². The minimum absolute atomic E-state index is 0.288. The Balaban J connectivity index is 2.81. The van der Waals surface area contributed by atoms with Crippen LogP contribution >= 0.6 is 0 Å². The van der Waals surface area contributed by atoms with E-state index in [0.717, 1.165) is 19.3 Å². The predicted octanol–water partition coefficient (Wildman–Crippen LogP) is 3.08. The number of hydrogen-bond donors (Lipinski definition) is 3. The summed E-state index contributed by atoms with van der Waals surface area (Å²) in [6, 6.07) is 7.18. The van der Waals surface area contributed by atoms with Gasteiger partial charge >= 0.3 is 12.0 Å². The smallest absolute Gasteiger partial charge is 0.330 e. The molecule has 1 rings (SSSR count). The van der Waals surface area contributed by atoms with Gasteiger partial charge in [0.2, 0.25) is 0 Å². The number of carboxylic acid groups (broad SMARTS) is 1. The van der Waals surface area contributed by atoms with Crippen molar-refractivity contribution in [3.8, 4) is 0 Å². The molecule has 0 spiro atoms. The van der Waals surface area contributed by atoms with Gasteiger partial charge in [-0.1, -0.05) is 51.1 Å². The molecule has 0 saturated carbocycles. The van der Waals surface area contributed by atoms with Crippen LogP contribution in [-0.4, -0.2) is 22.6 Å². The van der Waals surface area contributed by atoms with Crippen molar-refractivity contribution in [3.05, 3.63) is 35.9 Å². The summed E-state index contributed by atoms with van der Waals surface area (Å²) in [6.07, 6.45) is 2.41. The van der Waals surface area contributed by atoms with Gasteiger partial charge in [0.15, 0.2) is 6.04 Å². The molecule has 116 valence electrons. The molecule has 0 aliphatic heterocycles. The molecule has 21 heavy (non-hydrogen) atoms. The lowest BCUT2D eigenvalue weighted by Crippen LogP contribution is -2.52. The monoisotopic (exact) mass is 292 g/mol. The van der Waals surface area contributed by atoms with E-state index in [4.69, 9.17) is 0 Å². The van der Waals surface area contributed by atoms with Crippen molar-refractivity contribution < 1.29 is 14.7 Å². The van der Waals surface area contributed by atoms with E-state index in [0.29, 0.717) is 5.56 Å². The molecule has 1 aromatic rings. The number of urea groups is 1. The molecule has 0 bridgehead atoms. The largest absolute Gasteiger partial charge is 0.479 e. The van der Waals surface area contributed by atoms with E-state index in [-0.39, 0.29) is 5.54 Å². The van der Waals surface area contributed by atoms with Crippen molar-refractivity contribution in [2.45, 2.75) is 51.6 Å². The second-order valence-electron chi connectivity index (χ2n) is 5.12. The number of rotatable bonds is 7. The number of carbonyl (C=O) groups is 2. The Morgan fingerprint density at radius 1 is 1.10 bits per heavy atom. The Hall–Kier alpha value is -2.04. The Morgan fingerprint density at radius 3 is 2.05 bits per heavy atom. The zero-order chi connectivity index (χ0) is 15.9. The van der Waals surface area contributed by atoms with Crippen LogP contribution < -0.4 is 10.6 Å². The van der Waals surface area contributed by atoms with Crippen molar-refractivity contribution >= 4 is 12.0 Å². The molecule has 1 aromatic carbocycles. The maximum atomic E-state index is 12.1. The first-order valence-corrected chi connectivity index (χ1v) is 7.34. The van der Waals surface area contributed by atoms with Crippen LogP contribution in [0.1, 0.15) is 51.6 Å². The van der Waals surface area contributed by atoms with Crippen molar-refractivity contribution in [2.75, 3.05) is 0 Å². The van der Waals surface area contributed by atoms with Crippen molar-refractivity contribution in [1.82, 2.24) is 10.6 Å². The van der Waals surface area contributed by atoms with Crippen LogP contribution in [0.2, 0.25) is 0 Å². The van der Waals surface area contributed by atoms with Gasteiger partial charge in [-0.3, -0.25) is 0 Å². The number of nitrogens with one attached hydrogen (secondary N) is 2. The first-order chi connectivity index (χ1) is 9.98. The van der Waals surface area contributed by atoms with Crippen LogP contribution in [0.25, 0.3) is 0 Å². The Labute approximate surface area is 125 Å². The molecule has 0 aromatic heterocycles. The van der Waals surface area contributed by atoms with E-state index < -0.39 is 18.0 Å². The van der Waals surface area contributed by atoms with E-state index in [2.05, 4.69) is 10.6 Å². The van der Waals surface area contributed by atoms with Crippen LogP contribution in [0.4, 0.5) is 4.79 Å². The minimum atomic E-state index is -1.08. The normalized spacial score (nSPS) is 12.5. The molecule has 5 nitrogen and oxygen atoms in total. The van der Waals surface area contributed by atoms with Gasteiger partial charge in [0.25, 0.3) is 0 Å². The molecule has 3 N–H and O–H groups in total. The predicted molar refractivity (Wildman–Crippen MR) is 82.1 cm³/mol. The second-order valence-corrected chi connectivity index (χ2v) is 5.12. The van der Waals surface area contributed by atoms with E-state index in [1.165, 1.54) is 0 Å². The highest BCUT2D eigenvalue weighted by atomic mass is 16.4. The molecule has 0 fully saturated rings. The highest BCUT2D eigenvalue weighted by Gasteiger charge is 2.28. The third-order valence-corrected chi connectivity index (χ3v) is 4.06. The molecule has 0 heterocycles. The maximum absolute atomic E-state index is 12.1. The molecule has 0 unspecified atom stereocenters. The van der Waals surface area contributed by atoms with Crippen LogP contribution in [0, 0.1) is 0 Å². The van der Waals surface area contributed by atoms with Crippen molar-refractivity contribution in [1.29, 1.82) is 0 Å². The Kier molecular flexibility index (Phi) is 6.21. The molecule has 0 aliphatic carbocycles. The summed E-state index contributed by atoms with van der Waals surface area (Å²) in [4.78, 5) is 23.5. The van der Waals surface area contributed by atoms with E-state index in [9.17, 15) is 14.7 Å². The van der Waals surface area contributed by atoms with E-state index in [1.807, 2.05) is 20.8 Å². The topological polar surface area (TPSA) is 78.4 Å². The lowest BCUT2D eigenvalue weighted by atomic mass is 9.90. The molecule has 1 atom stereocenters. The summed E-state index contributed by atoms with van der Waals surface area (Å²) in [6.45, 7) is 6.04. The van der Waals surface area contributed by atoms with Gasteiger partial charge in [0.05, 0.1) is 0 Å². The fraction of sp³-hybridized carbons (Fsp3) is 0.500. The Bertz CT molecular complexity index is 461. The summed E-state index contributed by atoms with van der Waals surface area (Å²) in [5.41, 5.74) is 0.263. The molecule has 0 radical (unpaired) electrons. The SMILES string of the molecule is CCC(CC)(CC)NC(=O)N[C@H](C(=O)O)c1ccccc1. The van der Waals surface area contributed by atoms with E-state index in [1.54, 1.807) is 30.3 Å². The lowest BCUT2D eigenvalue weighted by molar-refractivity contribution is -0.139. The minimum Gasteiger partial charge on any atom is -0.479 e. The molecule has 0 saturated heterocycles. The molecule has 0 aliphatic rings.